The maximum Gasteiger partial charge on any atom is 0.323 e. The molecule has 6 heteroatoms. The van der Waals surface area contributed by atoms with E-state index >= 15 is 0 Å². The third-order valence-electron chi connectivity index (χ3n) is 2.97. The van der Waals surface area contributed by atoms with Gasteiger partial charge in [0.15, 0.2) is 5.60 Å². The van der Waals surface area contributed by atoms with Crippen LogP contribution in [0.2, 0.25) is 0 Å². The van der Waals surface area contributed by atoms with Crippen molar-refractivity contribution < 1.29 is 19.4 Å². The smallest absolute Gasteiger partial charge is 0.323 e. The molecule has 0 unspecified atom stereocenters. The van der Waals surface area contributed by atoms with Crippen molar-refractivity contribution in [1.82, 2.24) is 0 Å². The molecule has 2 rings (SSSR count). The van der Waals surface area contributed by atoms with Crippen LogP contribution >= 0.6 is 0 Å². The van der Waals surface area contributed by atoms with E-state index in [9.17, 15) is 9.59 Å². The molecule has 0 aromatic heterocycles. The quantitative estimate of drug-likeness (QED) is 0.839. The van der Waals surface area contributed by atoms with Gasteiger partial charge in [-0.25, -0.2) is 0 Å². The Bertz CT molecular complexity index is 539. The Morgan fingerprint density at radius 2 is 2.16 bits per heavy atom. The molecule has 102 valence electrons. The number of carbonyl (C=O) groups is 2. The number of amides is 1. The largest absolute Gasteiger partial charge is 0.480 e. The van der Waals surface area contributed by atoms with Crippen molar-refractivity contribution in [2.24, 2.45) is 5.73 Å². The van der Waals surface area contributed by atoms with E-state index in [-0.39, 0.29) is 12.5 Å². The molecule has 0 spiro atoms. The second kappa shape index (κ2) is 4.55. The Morgan fingerprint density at radius 1 is 1.47 bits per heavy atom. The number of nitrogens with two attached hydrogens (primary N) is 1. The van der Waals surface area contributed by atoms with Crippen LogP contribution in [0, 0.1) is 0 Å². The predicted molar refractivity (Wildman–Crippen MR) is 69.0 cm³/mol. The average molecular weight is 264 g/mol. The van der Waals surface area contributed by atoms with Crippen molar-refractivity contribution in [2.75, 3.05) is 11.4 Å². The zero-order chi connectivity index (χ0) is 14.2. The van der Waals surface area contributed by atoms with Gasteiger partial charge in [0.2, 0.25) is 0 Å². The van der Waals surface area contributed by atoms with Crippen LogP contribution in [-0.4, -0.2) is 29.1 Å². The highest BCUT2D eigenvalue weighted by Gasteiger charge is 2.41. The number of hydrogen-bond acceptors (Lipinski definition) is 4. The molecule has 0 saturated carbocycles. The van der Waals surface area contributed by atoms with Crippen molar-refractivity contribution in [3.05, 3.63) is 23.8 Å². The summed E-state index contributed by atoms with van der Waals surface area (Å²) in [6.45, 7) is 3.19. The van der Waals surface area contributed by atoms with Crippen molar-refractivity contribution >= 4 is 17.6 Å². The minimum absolute atomic E-state index is 0.351. The summed E-state index contributed by atoms with van der Waals surface area (Å²) in [5.74, 6) is -0.961. The number of carbonyl (C=O) groups excluding carboxylic acids is 1. The van der Waals surface area contributed by atoms with Gasteiger partial charge in [0.05, 0.1) is 5.69 Å². The maximum atomic E-state index is 12.2. The second-order valence-corrected chi connectivity index (χ2v) is 4.90. The first kappa shape index (κ1) is 13.4. The first-order valence-electron chi connectivity index (χ1n) is 5.91. The third-order valence-corrected chi connectivity index (χ3v) is 2.97. The number of benzene rings is 1. The number of carboxylic acids is 1. The summed E-state index contributed by atoms with van der Waals surface area (Å²) in [4.78, 5) is 24.3. The summed E-state index contributed by atoms with van der Waals surface area (Å²) in [5, 5.41) is 8.93. The lowest BCUT2D eigenvalue weighted by Gasteiger charge is -2.38. The summed E-state index contributed by atoms with van der Waals surface area (Å²) in [6.07, 6.45) is 0. The molecule has 0 fully saturated rings. The normalized spacial score (nSPS) is 16.8. The standard InChI is InChI=1S/C13H16N2O4/c1-13(2)12(18)15(7-11(16)17)9-4-3-8(6-14)5-10(9)19-13/h3-5H,6-7,14H2,1-2H3,(H,16,17). The maximum absolute atomic E-state index is 12.2. The van der Waals surface area contributed by atoms with Gasteiger partial charge in [0.1, 0.15) is 12.3 Å². The Hall–Kier alpha value is -2.08. The Kier molecular flexibility index (Phi) is 3.20. The number of hydrogen-bond donors (Lipinski definition) is 2. The monoisotopic (exact) mass is 264 g/mol. The van der Waals surface area contributed by atoms with Crippen LogP contribution < -0.4 is 15.4 Å². The van der Waals surface area contributed by atoms with Crippen LogP contribution in [0.5, 0.6) is 5.75 Å². The first-order chi connectivity index (χ1) is 8.85. The number of fused-ring (bicyclic) bond motifs is 1. The van der Waals surface area contributed by atoms with Crippen LogP contribution in [0.25, 0.3) is 0 Å². The SMILES string of the molecule is CC1(C)Oc2cc(CN)ccc2N(CC(=O)O)C1=O. The Morgan fingerprint density at radius 3 is 2.74 bits per heavy atom. The lowest BCUT2D eigenvalue weighted by Crippen LogP contribution is -2.53. The molecule has 0 aliphatic carbocycles. The highest BCUT2D eigenvalue weighted by Crippen LogP contribution is 2.38. The van der Waals surface area contributed by atoms with E-state index < -0.39 is 11.6 Å². The lowest BCUT2D eigenvalue weighted by atomic mass is 10.0. The number of ether oxygens (including phenoxy) is 1. The van der Waals surface area contributed by atoms with E-state index in [1.165, 1.54) is 4.90 Å². The molecule has 0 radical (unpaired) electrons. The first-order valence-corrected chi connectivity index (χ1v) is 5.91. The zero-order valence-corrected chi connectivity index (χ0v) is 10.8. The van der Waals surface area contributed by atoms with Crippen molar-refractivity contribution in [3.8, 4) is 5.75 Å². The van der Waals surface area contributed by atoms with Gasteiger partial charge >= 0.3 is 5.97 Å². The molecule has 1 heterocycles. The van der Waals surface area contributed by atoms with Gasteiger partial charge in [-0.05, 0) is 31.5 Å². The predicted octanol–water partition coefficient (Wildman–Crippen LogP) is 0.734. The summed E-state index contributed by atoms with van der Waals surface area (Å²) >= 11 is 0. The molecule has 6 nitrogen and oxygen atoms in total. The molecule has 1 aromatic rings. The topological polar surface area (TPSA) is 92.9 Å². The molecule has 1 amide bonds. The van der Waals surface area contributed by atoms with Gasteiger partial charge < -0.3 is 15.6 Å². The van der Waals surface area contributed by atoms with Crippen LogP contribution in [-0.2, 0) is 16.1 Å². The molecule has 1 aromatic carbocycles. The second-order valence-electron chi connectivity index (χ2n) is 4.90. The minimum atomic E-state index is -1.09. The number of rotatable bonds is 3. The van der Waals surface area contributed by atoms with E-state index in [1.807, 2.05) is 0 Å². The highest BCUT2D eigenvalue weighted by molar-refractivity contribution is 6.05. The van der Waals surface area contributed by atoms with Gasteiger partial charge in [-0.3, -0.25) is 14.5 Å². The van der Waals surface area contributed by atoms with Crippen LogP contribution in [0.4, 0.5) is 5.69 Å². The fraction of sp³-hybridized carbons (Fsp3) is 0.385. The molecule has 0 bridgehead atoms. The van der Waals surface area contributed by atoms with Crippen molar-refractivity contribution in [2.45, 2.75) is 26.0 Å². The summed E-state index contributed by atoms with van der Waals surface area (Å²) in [5.41, 5.74) is 5.80. The minimum Gasteiger partial charge on any atom is -0.480 e. The summed E-state index contributed by atoms with van der Waals surface area (Å²) < 4.78 is 5.65. The van der Waals surface area contributed by atoms with E-state index in [0.717, 1.165) is 5.56 Å². The number of anilines is 1. The highest BCUT2D eigenvalue weighted by atomic mass is 16.5. The molecular weight excluding hydrogens is 248 g/mol. The molecule has 1 aliphatic heterocycles. The molecule has 0 saturated heterocycles. The van der Waals surface area contributed by atoms with Crippen LogP contribution in [0.15, 0.2) is 18.2 Å². The van der Waals surface area contributed by atoms with Gasteiger partial charge in [0, 0.05) is 6.54 Å². The van der Waals surface area contributed by atoms with Gasteiger partial charge in [0.25, 0.3) is 5.91 Å². The fourth-order valence-corrected chi connectivity index (χ4v) is 2.04. The van der Waals surface area contributed by atoms with E-state index in [1.54, 1.807) is 32.0 Å². The summed E-state index contributed by atoms with van der Waals surface area (Å²) in [7, 11) is 0. The Balaban J connectivity index is 2.50. The van der Waals surface area contributed by atoms with Gasteiger partial charge in [-0.1, -0.05) is 6.07 Å². The Labute approximate surface area is 110 Å². The van der Waals surface area contributed by atoms with Gasteiger partial charge in [-0.2, -0.15) is 0 Å². The van der Waals surface area contributed by atoms with E-state index in [4.69, 9.17) is 15.6 Å². The third kappa shape index (κ3) is 2.39. The molecular formula is C13H16N2O4. The van der Waals surface area contributed by atoms with Crippen LogP contribution in [0.1, 0.15) is 19.4 Å². The van der Waals surface area contributed by atoms with Crippen molar-refractivity contribution in [3.63, 3.8) is 0 Å². The summed E-state index contributed by atoms with van der Waals surface area (Å²) in [6, 6.07) is 5.15. The molecule has 0 atom stereocenters. The van der Waals surface area contributed by atoms with E-state index in [0.29, 0.717) is 18.0 Å². The number of nitrogens with zero attached hydrogens (tertiary/aromatic N) is 1. The molecule has 1 aliphatic rings. The zero-order valence-electron chi connectivity index (χ0n) is 10.8. The molecule has 3 N–H and O–H groups in total. The van der Waals surface area contributed by atoms with Crippen molar-refractivity contribution in [1.29, 1.82) is 0 Å². The number of carboxylic acid groups (broad SMARTS) is 1. The van der Waals surface area contributed by atoms with E-state index in [2.05, 4.69) is 0 Å². The van der Waals surface area contributed by atoms with Crippen LogP contribution in [0.3, 0.4) is 0 Å². The molecule has 19 heavy (non-hydrogen) atoms. The van der Waals surface area contributed by atoms with Gasteiger partial charge in [-0.15, -0.1) is 0 Å². The fourth-order valence-electron chi connectivity index (χ4n) is 2.04. The average Bonchev–Trinajstić information content (AvgIpc) is 2.33. The number of aliphatic carboxylic acids is 1. The lowest BCUT2D eigenvalue weighted by molar-refractivity contribution is -0.139.